The van der Waals surface area contributed by atoms with E-state index < -0.39 is 0 Å². The van der Waals surface area contributed by atoms with E-state index in [0.29, 0.717) is 17.7 Å². The van der Waals surface area contributed by atoms with Crippen LogP contribution >= 0.6 is 11.8 Å². The molecule has 164 valence electrons. The smallest absolute Gasteiger partial charge is 0.230 e. The highest BCUT2D eigenvalue weighted by Gasteiger charge is 2.29. The van der Waals surface area contributed by atoms with Crippen LogP contribution in [0.5, 0.6) is 5.75 Å². The molecule has 2 atom stereocenters. The molecule has 0 bridgehead atoms. The van der Waals surface area contributed by atoms with Crippen LogP contribution in [0.2, 0.25) is 0 Å². The molecule has 3 rings (SSSR count). The molecule has 1 N–H and O–H groups in total. The van der Waals surface area contributed by atoms with Gasteiger partial charge >= 0.3 is 0 Å². The van der Waals surface area contributed by atoms with Crippen molar-refractivity contribution in [3.8, 4) is 17.1 Å². The van der Waals surface area contributed by atoms with Crippen LogP contribution in [-0.2, 0) is 4.79 Å². The van der Waals surface area contributed by atoms with E-state index in [1.54, 1.807) is 7.11 Å². The number of thioether (sulfide) groups is 1. The Morgan fingerprint density at radius 3 is 2.53 bits per heavy atom. The Morgan fingerprint density at radius 2 is 1.90 bits per heavy atom. The summed E-state index contributed by atoms with van der Waals surface area (Å²) in [6.07, 6.45) is 6.72. The molecule has 1 aromatic carbocycles. The Morgan fingerprint density at radius 1 is 1.20 bits per heavy atom. The van der Waals surface area contributed by atoms with Gasteiger partial charge in [-0.3, -0.25) is 9.36 Å². The van der Waals surface area contributed by atoms with Crippen molar-refractivity contribution in [1.29, 1.82) is 0 Å². The van der Waals surface area contributed by atoms with Gasteiger partial charge < -0.3 is 10.1 Å². The monoisotopic (exact) mass is 430 g/mol. The Hall–Kier alpha value is -2.02. The standard InChI is InChI=1S/C23H34N4O2S/c1-5-18(6-2)24-21(28)15-30-23-26-25-22(17-11-13-19(29-4)14-12-17)27(23)20-10-8-7-9-16(20)3/h11-14,16,18,20H,5-10,15H2,1-4H3,(H,24,28)/t16-,20+/m0/s1. The van der Waals surface area contributed by atoms with Crippen molar-refractivity contribution < 1.29 is 9.53 Å². The van der Waals surface area contributed by atoms with Gasteiger partial charge in [-0.15, -0.1) is 10.2 Å². The maximum atomic E-state index is 12.4. The Kier molecular flexibility index (Phi) is 8.19. The quantitative estimate of drug-likeness (QED) is 0.560. The number of nitrogens with zero attached hydrogens (tertiary/aromatic N) is 3. The lowest BCUT2D eigenvalue weighted by atomic mass is 9.85. The summed E-state index contributed by atoms with van der Waals surface area (Å²) < 4.78 is 7.58. The van der Waals surface area contributed by atoms with E-state index in [9.17, 15) is 4.79 Å². The number of methoxy groups -OCH3 is 1. The summed E-state index contributed by atoms with van der Waals surface area (Å²) in [6.45, 7) is 6.52. The van der Waals surface area contributed by atoms with Crippen molar-refractivity contribution in [3.05, 3.63) is 24.3 Å². The number of aromatic nitrogens is 3. The number of benzene rings is 1. The molecule has 0 spiro atoms. The van der Waals surface area contributed by atoms with Crippen molar-refractivity contribution in [2.45, 2.75) is 76.5 Å². The number of hydrogen-bond acceptors (Lipinski definition) is 5. The molecule has 30 heavy (non-hydrogen) atoms. The summed E-state index contributed by atoms with van der Waals surface area (Å²) >= 11 is 1.49. The zero-order valence-corrected chi connectivity index (χ0v) is 19.4. The number of carbonyl (C=O) groups excluding carboxylic acids is 1. The largest absolute Gasteiger partial charge is 0.497 e. The summed E-state index contributed by atoms with van der Waals surface area (Å²) in [5.74, 6) is 2.68. The normalized spacial score (nSPS) is 19.1. The summed E-state index contributed by atoms with van der Waals surface area (Å²) in [6, 6.07) is 8.56. The molecular formula is C23H34N4O2S. The van der Waals surface area contributed by atoms with E-state index in [4.69, 9.17) is 4.74 Å². The van der Waals surface area contributed by atoms with E-state index in [2.05, 4.69) is 40.9 Å². The minimum absolute atomic E-state index is 0.0611. The molecule has 2 aromatic rings. The van der Waals surface area contributed by atoms with Crippen LogP contribution in [0.4, 0.5) is 0 Å². The van der Waals surface area contributed by atoms with E-state index in [0.717, 1.165) is 41.6 Å². The van der Waals surface area contributed by atoms with Crippen molar-refractivity contribution in [2.75, 3.05) is 12.9 Å². The fraction of sp³-hybridized carbons (Fsp3) is 0.609. The highest BCUT2D eigenvalue weighted by atomic mass is 32.2. The molecule has 1 amide bonds. The van der Waals surface area contributed by atoms with E-state index in [1.807, 2.05) is 24.3 Å². The van der Waals surface area contributed by atoms with Crippen LogP contribution in [0.3, 0.4) is 0 Å². The Bertz CT molecular complexity index is 817. The van der Waals surface area contributed by atoms with Crippen LogP contribution in [0, 0.1) is 5.92 Å². The highest BCUT2D eigenvalue weighted by molar-refractivity contribution is 7.99. The van der Waals surface area contributed by atoms with Crippen molar-refractivity contribution in [1.82, 2.24) is 20.1 Å². The van der Waals surface area contributed by atoms with Gasteiger partial charge in [-0.25, -0.2) is 0 Å². The molecule has 0 radical (unpaired) electrons. The molecule has 1 aliphatic carbocycles. The molecule has 0 saturated heterocycles. The van der Waals surface area contributed by atoms with Gasteiger partial charge in [-0.1, -0.05) is 45.4 Å². The zero-order valence-electron chi connectivity index (χ0n) is 18.6. The second kappa shape index (κ2) is 10.8. The molecular weight excluding hydrogens is 396 g/mol. The first kappa shape index (κ1) is 22.7. The second-order valence-electron chi connectivity index (χ2n) is 8.10. The van der Waals surface area contributed by atoms with Crippen LogP contribution < -0.4 is 10.1 Å². The fourth-order valence-corrected chi connectivity index (χ4v) is 4.99. The second-order valence-corrected chi connectivity index (χ2v) is 9.05. The lowest BCUT2D eigenvalue weighted by Crippen LogP contribution is -2.35. The van der Waals surface area contributed by atoms with Gasteiger partial charge in [0.15, 0.2) is 11.0 Å². The number of nitrogens with one attached hydrogen (secondary N) is 1. The maximum Gasteiger partial charge on any atom is 0.230 e. The first-order valence-corrected chi connectivity index (χ1v) is 12.1. The summed E-state index contributed by atoms with van der Waals surface area (Å²) in [7, 11) is 1.67. The van der Waals surface area contributed by atoms with Crippen LogP contribution in [0.1, 0.15) is 65.3 Å². The molecule has 1 aromatic heterocycles. The van der Waals surface area contributed by atoms with Gasteiger partial charge in [-0.2, -0.15) is 0 Å². The predicted molar refractivity (Wildman–Crippen MR) is 122 cm³/mol. The fourth-order valence-electron chi connectivity index (χ4n) is 4.18. The average Bonchev–Trinajstić information content (AvgIpc) is 3.20. The van der Waals surface area contributed by atoms with Gasteiger partial charge in [0.1, 0.15) is 5.75 Å². The van der Waals surface area contributed by atoms with E-state index in [-0.39, 0.29) is 11.9 Å². The van der Waals surface area contributed by atoms with E-state index >= 15 is 0 Å². The van der Waals surface area contributed by atoms with Crippen molar-refractivity contribution >= 4 is 17.7 Å². The zero-order chi connectivity index (χ0) is 21.5. The lowest BCUT2D eigenvalue weighted by Gasteiger charge is -2.31. The SMILES string of the molecule is CCC(CC)NC(=O)CSc1nnc(-c2ccc(OC)cc2)n1[C@@H]1CCCC[C@@H]1C. The van der Waals surface area contributed by atoms with Gasteiger partial charge in [0, 0.05) is 17.6 Å². The summed E-state index contributed by atoms with van der Waals surface area (Å²) in [4.78, 5) is 12.4. The predicted octanol–water partition coefficient (Wildman–Crippen LogP) is 5.10. The molecule has 1 fully saturated rings. The van der Waals surface area contributed by atoms with Crippen molar-refractivity contribution in [3.63, 3.8) is 0 Å². The third-order valence-electron chi connectivity index (χ3n) is 6.09. The molecule has 1 saturated carbocycles. The third kappa shape index (κ3) is 5.36. The minimum atomic E-state index is 0.0611. The maximum absolute atomic E-state index is 12.4. The number of carbonyl (C=O) groups is 1. The Labute approximate surface area is 184 Å². The van der Waals surface area contributed by atoms with Crippen molar-refractivity contribution in [2.24, 2.45) is 5.92 Å². The number of hydrogen-bond donors (Lipinski definition) is 1. The highest BCUT2D eigenvalue weighted by Crippen LogP contribution is 2.39. The number of rotatable bonds is 9. The minimum Gasteiger partial charge on any atom is -0.497 e. The molecule has 1 aliphatic rings. The molecule has 1 heterocycles. The summed E-state index contributed by atoms with van der Waals surface area (Å²) in [5.41, 5.74) is 1.02. The lowest BCUT2D eigenvalue weighted by molar-refractivity contribution is -0.119. The van der Waals surface area contributed by atoms with Gasteiger partial charge in [0.05, 0.1) is 12.9 Å². The molecule has 6 nitrogen and oxygen atoms in total. The first-order valence-electron chi connectivity index (χ1n) is 11.1. The van der Waals surface area contributed by atoms with Gasteiger partial charge in [0.2, 0.25) is 5.91 Å². The average molecular weight is 431 g/mol. The molecule has 0 unspecified atom stereocenters. The summed E-state index contributed by atoms with van der Waals surface area (Å²) in [5, 5.41) is 13.0. The van der Waals surface area contributed by atoms with Crippen LogP contribution in [0.25, 0.3) is 11.4 Å². The molecule has 7 heteroatoms. The number of amides is 1. The van der Waals surface area contributed by atoms with Gasteiger partial charge in [-0.05, 0) is 55.9 Å². The first-order chi connectivity index (χ1) is 14.6. The van der Waals surface area contributed by atoms with E-state index in [1.165, 1.54) is 31.0 Å². The van der Waals surface area contributed by atoms with Gasteiger partial charge in [0.25, 0.3) is 0 Å². The van der Waals surface area contributed by atoms with Crippen LogP contribution in [0.15, 0.2) is 29.4 Å². The molecule has 0 aliphatic heterocycles. The topological polar surface area (TPSA) is 69.0 Å². The third-order valence-corrected chi connectivity index (χ3v) is 7.04. The Balaban J connectivity index is 1.85. The van der Waals surface area contributed by atoms with Crippen LogP contribution in [-0.4, -0.2) is 39.6 Å². The number of ether oxygens (including phenoxy) is 1.